The second kappa shape index (κ2) is 10.6. The molecule has 1 aliphatic rings. The van der Waals surface area contributed by atoms with Crippen LogP contribution in [0.4, 0.5) is 4.79 Å². The molecule has 6 heteroatoms. The van der Waals surface area contributed by atoms with Crippen molar-refractivity contribution in [3.05, 3.63) is 94.6 Å². The number of carbonyl (C=O) groups is 1. The summed E-state index contributed by atoms with van der Waals surface area (Å²) in [4.78, 5) is 25.1. The molecule has 1 N–H and O–H groups in total. The minimum absolute atomic E-state index is 0.193. The number of nitrogens with zero attached hydrogens (tertiary/aromatic N) is 4. The molecule has 3 aromatic rings. The number of aryl methyl sites for hydroxylation is 2. The zero-order valence-corrected chi connectivity index (χ0v) is 21.2. The van der Waals surface area contributed by atoms with E-state index in [1.54, 1.807) is 0 Å². The minimum atomic E-state index is -0.831. The molecule has 1 amide bonds. The van der Waals surface area contributed by atoms with E-state index in [1.165, 1.54) is 21.6 Å². The third-order valence-corrected chi connectivity index (χ3v) is 7.34. The van der Waals surface area contributed by atoms with Gasteiger partial charge in [0.05, 0.1) is 11.4 Å². The van der Waals surface area contributed by atoms with E-state index in [0.717, 1.165) is 29.8 Å². The van der Waals surface area contributed by atoms with Crippen molar-refractivity contribution in [3.8, 4) is 0 Å². The molecule has 0 unspecified atom stereocenters. The van der Waals surface area contributed by atoms with Crippen LogP contribution >= 0.6 is 0 Å². The van der Waals surface area contributed by atoms with E-state index in [2.05, 4.69) is 69.0 Å². The lowest BCUT2D eigenvalue weighted by atomic mass is 9.77. The molecule has 1 aromatic carbocycles. The molecule has 0 bridgehead atoms. The van der Waals surface area contributed by atoms with Crippen molar-refractivity contribution in [2.45, 2.75) is 65.1 Å². The van der Waals surface area contributed by atoms with Crippen LogP contribution in [-0.4, -0.2) is 50.1 Å². The van der Waals surface area contributed by atoms with Crippen molar-refractivity contribution in [2.24, 2.45) is 0 Å². The maximum absolute atomic E-state index is 11.5. The number of amides is 1. The largest absolute Gasteiger partial charge is 0.465 e. The smallest absolute Gasteiger partial charge is 0.407 e. The summed E-state index contributed by atoms with van der Waals surface area (Å²) in [6.45, 7) is 11.2. The average molecular weight is 473 g/mol. The zero-order valence-electron chi connectivity index (χ0n) is 21.2. The summed E-state index contributed by atoms with van der Waals surface area (Å²) in [5, 5.41) is 9.42. The average Bonchev–Trinajstić information content (AvgIpc) is 2.86. The van der Waals surface area contributed by atoms with Crippen molar-refractivity contribution in [3.63, 3.8) is 0 Å². The highest BCUT2D eigenvalue weighted by Gasteiger charge is 2.31. The van der Waals surface area contributed by atoms with Gasteiger partial charge in [-0.25, -0.2) is 4.79 Å². The number of likely N-dealkylation sites (tertiary alicyclic amines) is 1. The lowest BCUT2D eigenvalue weighted by Gasteiger charge is -2.38. The van der Waals surface area contributed by atoms with Gasteiger partial charge in [-0.3, -0.25) is 14.9 Å². The predicted octanol–water partition coefficient (Wildman–Crippen LogP) is 5.56. The molecule has 2 aromatic heterocycles. The zero-order chi connectivity index (χ0) is 25.0. The molecular formula is C29H36N4O2. The first-order chi connectivity index (χ1) is 16.8. The van der Waals surface area contributed by atoms with Gasteiger partial charge in [0.15, 0.2) is 0 Å². The Morgan fingerprint density at radius 3 is 2.37 bits per heavy atom. The van der Waals surface area contributed by atoms with Gasteiger partial charge < -0.3 is 10.0 Å². The molecule has 3 heterocycles. The Morgan fingerprint density at radius 2 is 1.71 bits per heavy atom. The van der Waals surface area contributed by atoms with Crippen LogP contribution in [0.3, 0.4) is 0 Å². The van der Waals surface area contributed by atoms with Gasteiger partial charge in [0.2, 0.25) is 0 Å². The van der Waals surface area contributed by atoms with E-state index in [0.29, 0.717) is 26.2 Å². The Balaban J connectivity index is 1.65. The quantitative estimate of drug-likeness (QED) is 0.487. The fraction of sp³-hybridized carbons (Fsp3) is 0.414. The third-order valence-electron chi connectivity index (χ3n) is 7.34. The Kier molecular flexibility index (Phi) is 7.51. The molecule has 0 atom stereocenters. The molecule has 1 saturated heterocycles. The molecule has 0 aliphatic carbocycles. The van der Waals surface area contributed by atoms with Gasteiger partial charge in [-0.05, 0) is 55.0 Å². The van der Waals surface area contributed by atoms with E-state index in [1.807, 2.05) is 24.5 Å². The Labute approximate surface area is 208 Å². The van der Waals surface area contributed by atoms with Gasteiger partial charge in [-0.1, -0.05) is 56.3 Å². The first-order valence-corrected chi connectivity index (χ1v) is 12.4. The summed E-state index contributed by atoms with van der Waals surface area (Å²) in [6, 6.07) is 17.2. The number of aromatic nitrogens is 2. The van der Waals surface area contributed by atoms with Gasteiger partial charge in [0.1, 0.15) is 0 Å². The Morgan fingerprint density at radius 1 is 1.03 bits per heavy atom. The standard InChI is InChI=1S/C29H36N4O2/c1-21-17-22(2)26(31-18-21)19-33(24-12-15-32(16-13-24)28(34)35)20-27-25(11-8-14-30-27)29(3,4)23-9-6-5-7-10-23/h5-11,14,17-18,24H,12-13,15-16,19-20H2,1-4H3,(H,34,35). The van der Waals surface area contributed by atoms with E-state index in [4.69, 9.17) is 9.97 Å². The van der Waals surface area contributed by atoms with Gasteiger partial charge in [0, 0.05) is 50.0 Å². The molecule has 6 nitrogen and oxygen atoms in total. The maximum atomic E-state index is 11.5. The summed E-state index contributed by atoms with van der Waals surface area (Å²) < 4.78 is 0. The van der Waals surface area contributed by atoms with Crippen molar-refractivity contribution in [1.82, 2.24) is 19.8 Å². The number of hydrogen-bond acceptors (Lipinski definition) is 4. The molecule has 0 radical (unpaired) electrons. The van der Waals surface area contributed by atoms with E-state index in [9.17, 15) is 9.90 Å². The van der Waals surface area contributed by atoms with Gasteiger partial charge >= 0.3 is 6.09 Å². The van der Waals surface area contributed by atoms with E-state index < -0.39 is 6.09 Å². The maximum Gasteiger partial charge on any atom is 0.407 e. The highest BCUT2D eigenvalue weighted by Crippen LogP contribution is 2.34. The summed E-state index contributed by atoms with van der Waals surface area (Å²) in [5.74, 6) is 0. The number of hydrogen-bond donors (Lipinski definition) is 1. The highest BCUT2D eigenvalue weighted by atomic mass is 16.4. The van der Waals surface area contributed by atoms with Crippen LogP contribution in [0.15, 0.2) is 60.9 Å². The number of rotatable bonds is 7. The van der Waals surface area contributed by atoms with Crippen LogP contribution in [-0.2, 0) is 18.5 Å². The monoisotopic (exact) mass is 472 g/mol. The van der Waals surface area contributed by atoms with Gasteiger partial charge in [0.25, 0.3) is 0 Å². The van der Waals surface area contributed by atoms with E-state index >= 15 is 0 Å². The van der Waals surface area contributed by atoms with Gasteiger partial charge in [-0.15, -0.1) is 0 Å². The SMILES string of the molecule is Cc1cnc(CN(Cc2ncccc2C(C)(C)c2ccccc2)C2CCN(C(=O)O)CC2)c(C)c1. The lowest BCUT2D eigenvalue weighted by Crippen LogP contribution is -2.46. The molecule has 0 saturated carbocycles. The molecule has 35 heavy (non-hydrogen) atoms. The van der Waals surface area contributed by atoms with Crippen molar-refractivity contribution >= 4 is 6.09 Å². The lowest BCUT2D eigenvalue weighted by molar-refractivity contribution is 0.0855. The van der Waals surface area contributed by atoms with Gasteiger partial charge in [-0.2, -0.15) is 0 Å². The van der Waals surface area contributed by atoms with Crippen molar-refractivity contribution < 1.29 is 9.90 Å². The summed E-state index contributed by atoms with van der Waals surface area (Å²) in [5.41, 5.74) is 6.75. The second-order valence-corrected chi connectivity index (χ2v) is 10.2. The summed E-state index contributed by atoms with van der Waals surface area (Å²) in [6.07, 6.45) is 4.59. The first-order valence-electron chi connectivity index (χ1n) is 12.4. The van der Waals surface area contributed by atoms with Crippen LogP contribution in [0, 0.1) is 13.8 Å². The molecular weight excluding hydrogens is 436 g/mol. The molecule has 184 valence electrons. The normalized spacial score (nSPS) is 14.9. The first kappa shape index (κ1) is 24.9. The predicted molar refractivity (Wildman–Crippen MR) is 138 cm³/mol. The molecule has 1 aliphatic heterocycles. The number of carboxylic acid groups (broad SMARTS) is 1. The van der Waals surface area contributed by atoms with Crippen LogP contribution in [0.25, 0.3) is 0 Å². The minimum Gasteiger partial charge on any atom is -0.465 e. The highest BCUT2D eigenvalue weighted by molar-refractivity contribution is 5.65. The van der Waals surface area contributed by atoms with E-state index in [-0.39, 0.29) is 11.5 Å². The Bertz CT molecular complexity index is 1150. The molecule has 4 rings (SSSR count). The van der Waals surface area contributed by atoms with Crippen LogP contribution < -0.4 is 0 Å². The number of pyridine rings is 2. The fourth-order valence-electron chi connectivity index (χ4n) is 5.17. The van der Waals surface area contributed by atoms with Crippen molar-refractivity contribution in [1.29, 1.82) is 0 Å². The summed E-state index contributed by atoms with van der Waals surface area (Å²) >= 11 is 0. The number of benzene rings is 1. The Hall–Kier alpha value is -3.25. The number of piperidine rings is 1. The molecule has 0 spiro atoms. The van der Waals surface area contributed by atoms with Crippen LogP contribution in [0.1, 0.15) is 60.3 Å². The van der Waals surface area contributed by atoms with Crippen LogP contribution in [0.2, 0.25) is 0 Å². The third kappa shape index (κ3) is 5.70. The van der Waals surface area contributed by atoms with Crippen molar-refractivity contribution in [2.75, 3.05) is 13.1 Å². The fourth-order valence-corrected chi connectivity index (χ4v) is 5.17. The summed E-state index contributed by atoms with van der Waals surface area (Å²) in [7, 11) is 0. The van der Waals surface area contributed by atoms with Crippen LogP contribution in [0.5, 0.6) is 0 Å². The topological polar surface area (TPSA) is 69.6 Å². The second-order valence-electron chi connectivity index (χ2n) is 10.2. The molecule has 1 fully saturated rings.